The summed E-state index contributed by atoms with van der Waals surface area (Å²) >= 11 is 0. The molecule has 2 N–H and O–H groups in total. The summed E-state index contributed by atoms with van der Waals surface area (Å²) in [6, 6.07) is 0.125. The van der Waals surface area contributed by atoms with Crippen LogP contribution in [-0.4, -0.2) is 41.3 Å². The highest BCUT2D eigenvalue weighted by molar-refractivity contribution is 5.75. The molecule has 4 heteroatoms. The molecule has 0 aromatic carbocycles. The Morgan fingerprint density at radius 2 is 2.31 bits per heavy atom. The van der Waals surface area contributed by atoms with Crippen molar-refractivity contribution in [2.45, 2.75) is 38.8 Å². The van der Waals surface area contributed by atoms with Gasteiger partial charge in [-0.05, 0) is 26.7 Å². The van der Waals surface area contributed by atoms with Crippen molar-refractivity contribution < 1.29 is 9.90 Å². The second-order valence-corrected chi connectivity index (χ2v) is 3.71. The van der Waals surface area contributed by atoms with Crippen LogP contribution in [0.2, 0.25) is 0 Å². The van der Waals surface area contributed by atoms with Crippen molar-refractivity contribution >= 4 is 6.03 Å². The predicted octanol–water partition coefficient (Wildman–Crippen LogP) is 0.561. The minimum Gasteiger partial charge on any atom is -0.393 e. The third kappa shape index (κ3) is 2.88. The number of carbonyl (C=O) groups excluding carboxylic acids is 1. The van der Waals surface area contributed by atoms with Crippen LogP contribution in [0.4, 0.5) is 4.79 Å². The number of carbonyl (C=O) groups is 1. The van der Waals surface area contributed by atoms with E-state index >= 15 is 0 Å². The van der Waals surface area contributed by atoms with Gasteiger partial charge in [0.25, 0.3) is 0 Å². The number of amides is 2. The normalized spacial score (nSPS) is 22.4. The van der Waals surface area contributed by atoms with Gasteiger partial charge in [0.05, 0.1) is 6.10 Å². The van der Waals surface area contributed by atoms with Crippen molar-refractivity contribution in [1.82, 2.24) is 10.2 Å². The predicted molar refractivity (Wildman–Crippen MR) is 50.5 cm³/mol. The first kappa shape index (κ1) is 10.3. The summed E-state index contributed by atoms with van der Waals surface area (Å²) in [6.45, 7) is 5.30. The zero-order valence-electron chi connectivity index (χ0n) is 8.29. The molecule has 1 rings (SSSR count). The summed E-state index contributed by atoms with van der Waals surface area (Å²) in [5, 5.41) is 12.0. The summed E-state index contributed by atoms with van der Waals surface area (Å²) in [5.74, 6) is 0. The van der Waals surface area contributed by atoms with Crippen molar-refractivity contribution in [3.63, 3.8) is 0 Å². The van der Waals surface area contributed by atoms with E-state index < -0.39 is 0 Å². The van der Waals surface area contributed by atoms with Crippen LogP contribution in [-0.2, 0) is 0 Å². The molecule has 0 aliphatic carbocycles. The Morgan fingerprint density at radius 3 is 2.85 bits per heavy atom. The van der Waals surface area contributed by atoms with Crippen LogP contribution >= 0.6 is 0 Å². The smallest absolute Gasteiger partial charge is 0.317 e. The van der Waals surface area contributed by atoms with Gasteiger partial charge in [-0.1, -0.05) is 0 Å². The van der Waals surface area contributed by atoms with Crippen molar-refractivity contribution in [2.24, 2.45) is 0 Å². The zero-order chi connectivity index (χ0) is 9.84. The van der Waals surface area contributed by atoms with Gasteiger partial charge in [0.15, 0.2) is 0 Å². The Morgan fingerprint density at radius 1 is 1.62 bits per heavy atom. The van der Waals surface area contributed by atoms with Crippen LogP contribution in [0.3, 0.4) is 0 Å². The van der Waals surface area contributed by atoms with Gasteiger partial charge in [-0.25, -0.2) is 4.79 Å². The quantitative estimate of drug-likeness (QED) is 0.676. The number of aliphatic hydroxyl groups is 1. The Hall–Kier alpha value is -0.770. The monoisotopic (exact) mass is 186 g/mol. The highest BCUT2D eigenvalue weighted by Crippen LogP contribution is 2.10. The summed E-state index contributed by atoms with van der Waals surface area (Å²) in [5.41, 5.74) is 0. The molecule has 1 aliphatic rings. The lowest BCUT2D eigenvalue weighted by atomic mass is 10.1. The van der Waals surface area contributed by atoms with Crippen LogP contribution in [0, 0.1) is 0 Å². The zero-order valence-corrected chi connectivity index (χ0v) is 8.29. The van der Waals surface area contributed by atoms with Crippen molar-refractivity contribution in [1.29, 1.82) is 0 Å². The van der Waals surface area contributed by atoms with E-state index in [1.807, 2.05) is 6.92 Å². The maximum absolute atomic E-state index is 11.4. The average Bonchev–Trinajstić information content (AvgIpc) is 2.03. The Bertz CT molecular complexity index is 182. The van der Waals surface area contributed by atoms with Gasteiger partial charge in [-0.15, -0.1) is 0 Å². The largest absolute Gasteiger partial charge is 0.393 e. The number of hydrogen-bond donors (Lipinski definition) is 2. The lowest BCUT2D eigenvalue weighted by Crippen LogP contribution is -2.50. The van der Waals surface area contributed by atoms with Gasteiger partial charge >= 0.3 is 6.03 Å². The Labute approximate surface area is 78.9 Å². The molecule has 1 heterocycles. The van der Waals surface area contributed by atoms with Gasteiger partial charge in [0.1, 0.15) is 0 Å². The van der Waals surface area contributed by atoms with Crippen molar-refractivity contribution in [3.8, 4) is 0 Å². The van der Waals surface area contributed by atoms with Gasteiger partial charge in [-0.3, -0.25) is 0 Å². The molecule has 0 radical (unpaired) electrons. The summed E-state index contributed by atoms with van der Waals surface area (Å²) < 4.78 is 0. The van der Waals surface area contributed by atoms with Crippen LogP contribution in [0.5, 0.6) is 0 Å². The van der Waals surface area contributed by atoms with E-state index in [0.717, 1.165) is 19.5 Å². The maximum atomic E-state index is 11.4. The summed E-state index contributed by atoms with van der Waals surface area (Å²) in [7, 11) is 0. The molecule has 1 aliphatic heterocycles. The highest BCUT2D eigenvalue weighted by Gasteiger charge is 2.23. The lowest BCUT2D eigenvalue weighted by Gasteiger charge is -2.33. The minimum atomic E-state index is -0.343. The van der Waals surface area contributed by atoms with E-state index in [9.17, 15) is 9.90 Å². The molecule has 13 heavy (non-hydrogen) atoms. The molecule has 2 unspecified atom stereocenters. The van der Waals surface area contributed by atoms with Crippen LogP contribution in [0.25, 0.3) is 0 Å². The molecule has 76 valence electrons. The number of rotatable bonds is 3. The molecular formula is C9H18N2O2. The number of nitrogens with one attached hydrogen (secondary N) is 1. The van der Waals surface area contributed by atoms with Gasteiger partial charge in [0.2, 0.25) is 0 Å². The van der Waals surface area contributed by atoms with E-state index in [1.165, 1.54) is 0 Å². The summed E-state index contributed by atoms with van der Waals surface area (Å²) in [6.07, 6.45) is 1.30. The number of nitrogens with zero attached hydrogens (tertiary/aromatic N) is 1. The SMILES string of the molecule is CC(O)CC(C)N1CCCNC1=O. The summed E-state index contributed by atoms with van der Waals surface area (Å²) in [4.78, 5) is 13.1. The molecule has 0 aromatic heterocycles. The molecule has 4 nitrogen and oxygen atoms in total. The second-order valence-electron chi connectivity index (χ2n) is 3.71. The Kier molecular flexibility index (Phi) is 3.54. The molecule has 1 fully saturated rings. The third-order valence-corrected chi connectivity index (χ3v) is 2.33. The average molecular weight is 186 g/mol. The number of aliphatic hydroxyl groups excluding tert-OH is 1. The minimum absolute atomic E-state index is 0.000556. The van der Waals surface area contributed by atoms with E-state index in [-0.39, 0.29) is 18.2 Å². The van der Waals surface area contributed by atoms with Gasteiger partial charge in [0, 0.05) is 19.1 Å². The lowest BCUT2D eigenvalue weighted by molar-refractivity contribution is 0.121. The van der Waals surface area contributed by atoms with Crippen molar-refractivity contribution in [2.75, 3.05) is 13.1 Å². The molecule has 0 aromatic rings. The third-order valence-electron chi connectivity index (χ3n) is 2.33. The Balaban J connectivity index is 2.43. The van der Waals surface area contributed by atoms with Crippen LogP contribution in [0.15, 0.2) is 0 Å². The van der Waals surface area contributed by atoms with E-state index in [1.54, 1.807) is 11.8 Å². The van der Waals surface area contributed by atoms with Gasteiger partial charge < -0.3 is 15.3 Å². The van der Waals surface area contributed by atoms with Crippen LogP contribution < -0.4 is 5.32 Å². The van der Waals surface area contributed by atoms with E-state index in [4.69, 9.17) is 0 Å². The highest BCUT2D eigenvalue weighted by atomic mass is 16.3. The fourth-order valence-electron chi connectivity index (χ4n) is 1.69. The van der Waals surface area contributed by atoms with Gasteiger partial charge in [-0.2, -0.15) is 0 Å². The van der Waals surface area contributed by atoms with Crippen LogP contribution in [0.1, 0.15) is 26.7 Å². The second kappa shape index (κ2) is 4.46. The molecule has 1 saturated heterocycles. The fourth-order valence-corrected chi connectivity index (χ4v) is 1.69. The molecular weight excluding hydrogens is 168 g/mol. The fraction of sp³-hybridized carbons (Fsp3) is 0.889. The first-order valence-corrected chi connectivity index (χ1v) is 4.84. The molecule has 0 spiro atoms. The standard InChI is InChI=1S/C9H18N2O2/c1-7(6-8(2)12)11-5-3-4-10-9(11)13/h7-8,12H,3-6H2,1-2H3,(H,10,13). The molecule has 2 amide bonds. The first-order chi connectivity index (χ1) is 6.11. The molecule has 0 saturated carbocycles. The van der Waals surface area contributed by atoms with E-state index in [2.05, 4.69) is 5.32 Å². The first-order valence-electron chi connectivity index (χ1n) is 4.84. The molecule has 0 bridgehead atoms. The molecule has 2 atom stereocenters. The maximum Gasteiger partial charge on any atom is 0.317 e. The van der Waals surface area contributed by atoms with E-state index in [0.29, 0.717) is 6.42 Å². The topological polar surface area (TPSA) is 52.6 Å². The number of hydrogen-bond acceptors (Lipinski definition) is 2. The number of urea groups is 1. The van der Waals surface area contributed by atoms with Crippen molar-refractivity contribution in [3.05, 3.63) is 0 Å².